The molecule has 6 nitrogen and oxygen atoms in total. The van der Waals surface area contributed by atoms with Crippen molar-refractivity contribution in [2.45, 2.75) is 437 Å². The third-order valence-electron chi connectivity index (χ3n) is 17.6. The van der Waals surface area contributed by atoms with Gasteiger partial charge in [-0.1, -0.05) is 392 Å². The molecule has 6 heteroatoms. The second-order valence-corrected chi connectivity index (χ2v) is 25.6. The van der Waals surface area contributed by atoms with Gasteiger partial charge in [0.2, 0.25) is 5.91 Å². The van der Waals surface area contributed by atoms with Crippen LogP contribution < -0.4 is 5.32 Å². The van der Waals surface area contributed by atoms with Gasteiger partial charge in [-0.05, 0) is 32.1 Å². The van der Waals surface area contributed by atoms with Crippen LogP contribution in [-0.4, -0.2) is 47.4 Å². The van der Waals surface area contributed by atoms with Gasteiger partial charge < -0.3 is 20.3 Å². The fraction of sp³-hybridized carbons (Fsp3) is 0.946. The molecule has 0 saturated heterocycles. The smallest absolute Gasteiger partial charge is 0.305 e. The Hall–Kier alpha value is -1.40. The number of aliphatic hydroxyl groups is 2. The lowest BCUT2D eigenvalue weighted by Gasteiger charge is -2.20. The van der Waals surface area contributed by atoms with Crippen LogP contribution in [0.2, 0.25) is 0 Å². The molecular weight excluding hydrogens is 983 g/mol. The van der Waals surface area contributed by atoms with Crippen LogP contribution in [0.5, 0.6) is 0 Å². The first-order chi connectivity index (χ1) is 39.5. The Morgan fingerprint density at radius 3 is 0.850 bits per heavy atom. The number of unbranched alkanes of at least 4 members (excludes halogenated alkanes) is 59. The van der Waals surface area contributed by atoms with Crippen molar-refractivity contribution < 1.29 is 24.5 Å². The first-order valence-corrected chi connectivity index (χ1v) is 37.0. The maximum atomic E-state index is 12.5. The van der Waals surface area contributed by atoms with E-state index in [2.05, 4.69) is 19.2 Å². The quantitative estimate of drug-likeness (QED) is 0.0320. The van der Waals surface area contributed by atoms with Crippen molar-refractivity contribution in [1.29, 1.82) is 0 Å². The fourth-order valence-electron chi connectivity index (χ4n) is 11.9. The maximum absolute atomic E-state index is 12.5. The number of carbonyl (C=O) groups is 2. The minimum atomic E-state index is -0.839. The number of rotatable bonds is 70. The van der Waals surface area contributed by atoms with Crippen molar-refractivity contribution in [1.82, 2.24) is 5.32 Å². The summed E-state index contributed by atoms with van der Waals surface area (Å²) in [4.78, 5) is 24.6. The molecule has 2 unspecified atom stereocenters. The predicted molar refractivity (Wildman–Crippen MR) is 352 cm³/mol. The van der Waals surface area contributed by atoms with Crippen LogP contribution in [0.4, 0.5) is 0 Å². The Balaban J connectivity index is 3.28. The van der Waals surface area contributed by atoms with Crippen molar-refractivity contribution in [3.63, 3.8) is 0 Å². The summed E-state index contributed by atoms with van der Waals surface area (Å²) in [6, 6.07) is -0.622. The molecule has 0 radical (unpaired) electrons. The van der Waals surface area contributed by atoms with Gasteiger partial charge >= 0.3 is 5.97 Å². The van der Waals surface area contributed by atoms with Crippen molar-refractivity contribution in [2.24, 2.45) is 0 Å². The van der Waals surface area contributed by atoms with Crippen LogP contribution in [0.15, 0.2) is 12.2 Å². The molecule has 80 heavy (non-hydrogen) atoms. The van der Waals surface area contributed by atoms with Gasteiger partial charge in [-0.25, -0.2) is 0 Å². The number of hydrogen-bond donors (Lipinski definition) is 3. The third-order valence-corrected chi connectivity index (χ3v) is 17.6. The average molecular weight is 1130 g/mol. The van der Waals surface area contributed by atoms with Gasteiger partial charge in [-0.15, -0.1) is 0 Å². The highest BCUT2D eigenvalue weighted by Crippen LogP contribution is 2.20. The maximum Gasteiger partial charge on any atom is 0.305 e. The van der Waals surface area contributed by atoms with Crippen LogP contribution in [-0.2, 0) is 14.3 Å². The number of nitrogens with one attached hydrogen (secondary N) is 1. The lowest BCUT2D eigenvalue weighted by molar-refractivity contribution is -0.143. The van der Waals surface area contributed by atoms with E-state index >= 15 is 0 Å². The topological polar surface area (TPSA) is 95.9 Å². The number of amides is 1. The largest absolute Gasteiger partial charge is 0.466 e. The van der Waals surface area contributed by atoms with E-state index in [4.69, 9.17) is 4.74 Å². The molecule has 0 aliphatic carbocycles. The first kappa shape index (κ1) is 78.6. The highest BCUT2D eigenvalue weighted by Gasteiger charge is 2.18. The number of allylic oxidation sites excluding steroid dienone is 1. The minimum absolute atomic E-state index is 0.0268. The van der Waals surface area contributed by atoms with E-state index in [1.165, 1.54) is 360 Å². The molecule has 0 aliphatic heterocycles. The van der Waals surface area contributed by atoms with Gasteiger partial charge in [0.05, 0.1) is 25.4 Å². The van der Waals surface area contributed by atoms with Gasteiger partial charge in [0.1, 0.15) is 0 Å². The van der Waals surface area contributed by atoms with Gasteiger partial charge in [0.25, 0.3) is 0 Å². The molecule has 0 heterocycles. The highest BCUT2D eigenvalue weighted by atomic mass is 16.5. The van der Waals surface area contributed by atoms with Crippen molar-refractivity contribution in [2.75, 3.05) is 13.2 Å². The van der Waals surface area contributed by atoms with Crippen LogP contribution in [0.1, 0.15) is 425 Å². The van der Waals surface area contributed by atoms with E-state index in [1.54, 1.807) is 6.08 Å². The summed E-state index contributed by atoms with van der Waals surface area (Å²) in [5, 5.41) is 23.1. The molecule has 476 valence electrons. The molecule has 0 saturated carbocycles. The van der Waals surface area contributed by atoms with Crippen molar-refractivity contribution in [3.8, 4) is 0 Å². The number of ether oxygens (including phenoxy) is 1. The molecule has 0 fully saturated rings. The molecule has 0 rings (SSSR count). The number of esters is 1. The van der Waals surface area contributed by atoms with E-state index in [9.17, 15) is 19.8 Å². The molecule has 0 aromatic carbocycles. The molecule has 0 aromatic rings. The zero-order chi connectivity index (χ0) is 57.8. The van der Waals surface area contributed by atoms with E-state index in [0.29, 0.717) is 19.4 Å². The molecule has 3 N–H and O–H groups in total. The normalized spacial score (nSPS) is 12.5. The summed E-state index contributed by atoms with van der Waals surface area (Å²) in [7, 11) is 0. The fourth-order valence-corrected chi connectivity index (χ4v) is 11.9. The van der Waals surface area contributed by atoms with E-state index in [-0.39, 0.29) is 18.5 Å². The Morgan fingerprint density at radius 2 is 0.575 bits per heavy atom. The monoisotopic (exact) mass is 1130 g/mol. The van der Waals surface area contributed by atoms with Gasteiger partial charge in [0, 0.05) is 12.8 Å². The van der Waals surface area contributed by atoms with Crippen LogP contribution in [0, 0.1) is 0 Å². The molecule has 0 aliphatic rings. The summed E-state index contributed by atoms with van der Waals surface area (Å²) in [5.41, 5.74) is 0. The summed E-state index contributed by atoms with van der Waals surface area (Å²) in [6.45, 7) is 4.94. The Bertz CT molecular complexity index is 1210. The van der Waals surface area contributed by atoms with Crippen LogP contribution >= 0.6 is 0 Å². The Kier molecular flexibility index (Phi) is 68.9. The summed E-state index contributed by atoms with van der Waals surface area (Å²) in [5.74, 6) is -0.0343. The van der Waals surface area contributed by atoms with E-state index < -0.39 is 12.1 Å². The second-order valence-electron chi connectivity index (χ2n) is 25.6. The molecular formula is C74H145NO5. The second kappa shape index (κ2) is 70.1. The van der Waals surface area contributed by atoms with Crippen molar-refractivity contribution in [3.05, 3.63) is 12.2 Å². The van der Waals surface area contributed by atoms with Gasteiger partial charge in [0.15, 0.2) is 0 Å². The first-order valence-electron chi connectivity index (χ1n) is 37.0. The minimum Gasteiger partial charge on any atom is -0.466 e. The van der Waals surface area contributed by atoms with Crippen molar-refractivity contribution >= 4 is 11.9 Å². The predicted octanol–water partition coefficient (Wildman–Crippen LogP) is 23.9. The SMILES string of the molecule is CCCCCCCCCCCC/C=C/C(O)C(CO)NC(=O)CCCCCCCCCCCCCCCCCCCCCCCCCCCCCCCCCCCCCOC(=O)CCCCCCCCCCCCCCCCCC. The number of hydrogen-bond acceptors (Lipinski definition) is 5. The third kappa shape index (κ3) is 65.7. The average Bonchev–Trinajstić information content (AvgIpc) is 3.46. The summed E-state index contributed by atoms with van der Waals surface area (Å²) >= 11 is 0. The Labute approximate surface area is 501 Å². The molecule has 0 bridgehead atoms. The van der Waals surface area contributed by atoms with E-state index in [0.717, 1.165) is 38.5 Å². The van der Waals surface area contributed by atoms with Crippen LogP contribution in [0.25, 0.3) is 0 Å². The highest BCUT2D eigenvalue weighted by molar-refractivity contribution is 5.76. The molecule has 1 amide bonds. The molecule has 0 aromatic heterocycles. The summed E-state index contributed by atoms with van der Waals surface area (Å²) in [6.07, 6.45) is 87.6. The molecule has 0 spiro atoms. The molecule has 2 atom stereocenters. The zero-order valence-corrected chi connectivity index (χ0v) is 54.6. The summed E-state index contributed by atoms with van der Waals surface area (Å²) < 4.78 is 5.51. The zero-order valence-electron chi connectivity index (χ0n) is 54.6. The van der Waals surface area contributed by atoms with E-state index in [1.807, 2.05) is 6.08 Å². The van der Waals surface area contributed by atoms with Gasteiger partial charge in [-0.2, -0.15) is 0 Å². The lowest BCUT2D eigenvalue weighted by atomic mass is 10.0. The van der Waals surface area contributed by atoms with Crippen LogP contribution in [0.3, 0.4) is 0 Å². The standard InChI is InChI=1S/C74H145NO5/c1-3-5-7-9-11-13-15-17-18-41-44-48-52-56-60-64-68-74(79)80-69-65-61-57-53-49-45-42-39-37-35-33-31-29-27-25-23-21-19-20-22-24-26-28-30-32-34-36-38-40-43-47-51-55-59-63-67-73(78)75-71(70-76)72(77)66-62-58-54-50-46-16-14-12-10-8-6-4-2/h62,66,71-72,76-77H,3-61,63-65,67-70H2,1-2H3,(H,75,78)/b66-62+. The Morgan fingerprint density at radius 1 is 0.338 bits per heavy atom. The number of aliphatic hydroxyl groups excluding tert-OH is 2. The van der Waals surface area contributed by atoms with Gasteiger partial charge in [-0.3, -0.25) is 9.59 Å². The number of carbonyl (C=O) groups excluding carboxylic acids is 2. The lowest BCUT2D eigenvalue weighted by Crippen LogP contribution is -2.45.